The first kappa shape index (κ1) is 12.2. The topological polar surface area (TPSA) is 33.3 Å². The van der Waals surface area contributed by atoms with Gasteiger partial charge in [-0.2, -0.15) is 0 Å². The second-order valence-corrected chi connectivity index (χ2v) is 4.38. The number of rotatable bonds is 4. The Bertz CT molecular complexity index is 364. The summed E-state index contributed by atoms with van der Waals surface area (Å²) < 4.78 is 18.1. The minimum Gasteiger partial charge on any atom is -0.494 e. The zero-order chi connectivity index (χ0) is 12.1. The summed E-state index contributed by atoms with van der Waals surface area (Å²) in [6, 6.07) is 5.37. The molecular formula is C13H19FN2O. The largest absolute Gasteiger partial charge is 0.494 e. The van der Waals surface area contributed by atoms with Gasteiger partial charge in [0.1, 0.15) is 0 Å². The van der Waals surface area contributed by atoms with E-state index in [-0.39, 0.29) is 11.6 Å². The molecule has 1 atom stereocenters. The van der Waals surface area contributed by atoms with E-state index >= 15 is 0 Å². The monoisotopic (exact) mass is 238 g/mol. The van der Waals surface area contributed by atoms with Crippen LogP contribution in [0.4, 0.5) is 10.1 Å². The predicted octanol–water partition coefficient (Wildman–Crippen LogP) is 2.39. The summed E-state index contributed by atoms with van der Waals surface area (Å²) in [5.41, 5.74) is 0.899. The summed E-state index contributed by atoms with van der Waals surface area (Å²) in [5.74, 6) is -0.0413. The van der Waals surface area contributed by atoms with E-state index in [1.54, 1.807) is 12.1 Å². The first-order valence-corrected chi connectivity index (χ1v) is 6.10. The fraction of sp³-hybridized carbons (Fsp3) is 0.538. The Morgan fingerprint density at radius 2 is 2.35 bits per heavy atom. The van der Waals surface area contributed by atoms with Crippen molar-refractivity contribution in [3.05, 3.63) is 24.0 Å². The normalized spacial score (nSPS) is 20.0. The minimum absolute atomic E-state index is 0.284. The van der Waals surface area contributed by atoms with Gasteiger partial charge in [-0.15, -0.1) is 0 Å². The molecule has 0 amide bonds. The summed E-state index contributed by atoms with van der Waals surface area (Å²) in [5, 5.41) is 6.77. The molecule has 1 unspecified atom stereocenters. The van der Waals surface area contributed by atoms with Crippen LogP contribution in [0.3, 0.4) is 0 Å². The highest BCUT2D eigenvalue weighted by molar-refractivity contribution is 5.48. The average molecular weight is 238 g/mol. The number of piperidine rings is 1. The number of nitrogens with one attached hydrogen (secondary N) is 2. The lowest BCUT2D eigenvalue weighted by Gasteiger charge is -2.24. The Balaban J connectivity index is 1.89. The van der Waals surface area contributed by atoms with Gasteiger partial charge in [0, 0.05) is 24.3 Å². The fourth-order valence-electron chi connectivity index (χ4n) is 2.11. The zero-order valence-electron chi connectivity index (χ0n) is 10.1. The van der Waals surface area contributed by atoms with E-state index < -0.39 is 0 Å². The van der Waals surface area contributed by atoms with E-state index in [1.165, 1.54) is 32.4 Å². The second-order valence-electron chi connectivity index (χ2n) is 4.38. The summed E-state index contributed by atoms with van der Waals surface area (Å²) in [6.45, 7) is 1.97. The maximum atomic E-state index is 13.2. The van der Waals surface area contributed by atoms with Crippen LogP contribution >= 0.6 is 0 Å². The van der Waals surface area contributed by atoms with Gasteiger partial charge in [-0.3, -0.25) is 0 Å². The molecule has 0 saturated carbocycles. The van der Waals surface area contributed by atoms with Gasteiger partial charge in [-0.05, 0) is 31.5 Å². The van der Waals surface area contributed by atoms with Gasteiger partial charge in [0.25, 0.3) is 0 Å². The van der Waals surface area contributed by atoms with Gasteiger partial charge >= 0.3 is 0 Å². The molecule has 1 saturated heterocycles. The standard InChI is InChI=1S/C13H19FN2O/c1-17-13-8-10(5-6-12(13)14)16-9-11-4-2-3-7-15-11/h5-6,8,11,15-16H,2-4,7,9H2,1H3. The number of halogens is 1. The highest BCUT2D eigenvalue weighted by Crippen LogP contribution is 2.21. The van der Waals surface area contributed by atoms with Crippen LogP contribution in [0, 0.1) is 5.82 Å². The first-order chi connectivity index (χ1) is 8.29. The van der Waals surface area contributed by atoms with Crippen molar-refractivity contribution in [3.8, 4) is 5.75 Å². The molecule has 1 aliphatic heterocycles. The summed E-state index contributed by atoms with van der Waals surface area (Å²) in [7, 11) is 1.48. The third-order valence-corrected chi connectivity index (χ3v) is 3.12. The summed E-state index contributed by atoms with van der Waals surface area (Å²) >= 11 is 0. The average Bonchev–Trinajstić information content (AvgIpc) is 2.39. The molecule has 0 aromatic heterocycles. The van der Waals surface area contributed by atoms with Crippen molar-refractivity contribution >= 4 is 5.69 Å². The van der Waals surface area contributed by atoms with Crippen LogP contribution < -0.4 is 15.4 Å². The Labute approximate surface area is 101 Å². The predicted molar refractivity (Wildman–Crippen MR) is 67.1 cm³/mol. The third-order valence-electron chi connectivity index (χ3n) is 3.12. The molecule has 1 heterocycles. The molecule has 1 aromatic rings. The number of anilines is 1. The van der Waals surface area contributed by atoms with Crippen LogP contribution in [-0.2, 0) is 0 Å². The number of methoxy groups -OCH3 is 1. The van der Waals surface area contributed by atoms with E-state index in [9.17, 15) is 4.39 Å². The van der Waals surface area contributed by atoms with Crippen LogP contribution in [0.2, 0.25) is 0 Å². The number of hydrogen-bond acceptors (Lipinski definition) is 3. The van der Waals surface area contributed by atoms with Crippen molar-refractivity contribution in [1.29, 1.82) is 0 Å². The molecule has 1 fully saturated rings. The molecule has 0 aliphatic carbocycles. The quantitative estimate of drug-likeness (QED) is 0.845. The summed E-state index contributed by atoms with van der Waals surface area (Å²) in [6.07, 6.45) is 3.75. The molecule has 94 valence electrons. The van der Waals surface area contributed by atoms with E-state index in [0.29, 0.717) is 6.04 Å². The highest BCUT2D eigenvalue weighted by atomic mass is 19.1. The van der Waals surface area contributed by atoms with Gasteiger partial charge in [-0.1, -0.05) is 6.42 Å². The Kier molecular flexibility index (Phi) is 4.20. The van der Waals surface area contributed by atoms with E-state index in [2.05, 4.69) is 10.6 Å². The molecule has 4 heteroatoms. The fourth-order valence-corrected chi connectivity index (χ4v) is 2.11. The molecule has 0 radical (unpaired) electrons. The van der Waals surface area contributed by atoms with Gasteiger partial charge in [0.05, 0.1) is 7.11 Å². The van der Waals surface area contributed by atoms with Crippen LogP contribution in [0.5, 0.6) is 5.75 Å². The summed E-state index contributed by atoms with van der Waals surface area (Å²) in [4.78, 5) is 0. The highest BCUT2D eigenvalue weighted by Gasteiger charge is 2.12. The SMILES string of the molecule is COc1cc(NCC2CCCCN2)ccc1F. The molecule has 0 bridgehead atoms. The maximum absolute atomic E-state index is 13.2. The zero-order valence-corrected chi connectivity index (χ0v) is 10.1. The van der Waals surface area contributed by atoms with Crippen molar-refractivity contribution in [2.75, 3.05) is 25.5 Å². The van der Waals surface area contributed by atoms with Crippen molar-refractivity contribution in [2.45, 2.75) is 25.3 Å². The van der Waals surface area contributed by atoms with Crippen molar-refractivity contribution < 1.29 is 9.13 Å². The molecule has 0 spiro atoms. The molecule has 1 aromatic carbocycles. The van der Waals surface area contributed by atoms with Crippen LogP contribution in [0.15, 0.2) is 18.2 Å². The van der Waals surface area contributed by atoms with E-state index in [1.807, 2.05) is 0 Å². The second kappa shape index (κ2) is 5.87. The molecule has 1 aliphatic rings. The number of ether oxygens (including phenoxy) is 1. The van der Waals surface area contributed by atoms with Crippen LogP contribution in [0.1, 0.15) is 19.3 Å². The van der Waals surface area contributed by atoms with E-state index in [4.69, 9.17) is 4.74 Å². The molecule has 17 heavy (non-hydrogen) atoms. The molecule has 2 rings (SSSR count). The lowest BCUT2D eigenvalue weighted by Crippen LogP contribution is -2.39. The third kappa shape index (κ3) is 3.33. The minimum atomic E-state index is -0.325. The first-order valence-electron chi connectivity index (χ1n) is 6.10. The van der Waals surface area contributed by atoms with Gasteiger partial charge in [-0.25, -0.2) is 4.39 Å². The molecular weight excluding hydrogens is 219 g/mol. The van der Waals surface area contributed by atoms with Gasteiger partial charge < -0.3 is 15.4 Å². The van der Waals surface area contributed by atoms with Crippen molar-refractivity contribution in [1.82, 2.24) is 5.32 Å². The molecule has 2 N–H and O–H groups in total. The van der Waals surface area contributed by atoms with E-state index in [0.717, 1.165) is 18.8 Å². The lowest BCUT2D eigenvalue weighted by atomic mass is 10.1. The Hall–Kier alpha value is -1.29. The van der Waals surface area contributed by atoms with Crippen molar-refractivity contribution in [2.24, 2.45) is 0 Å². The molecule has 3 nitrogen and oxygen atoms in total. The van der Waals surface area contributed by atoms with Crippen molar-refractivity contribution in [3.63, 3.8) is 0 Å². The van der Waals surface area contributed by atoms with Crippen LogP contribution in [-0.4, -0.2) is 26.2 Å². The smallest absolute Gasteiger partial charge is 0.165 e. The van der Waals surface area contributed by atoms with Crippen LogP contribution in [0.25, 0.3) is 0 Å². The Morgan fingerprint density at radius 1 is 1.47 bits per heavy atom. The van der Waals surface area contributed by atoms with Gasteiger partial charge in [0.2, 0.25) is 0 Å². The lowest BCUT2D eigenvalue weighted by molar-refractivity contribution is 0.386. The number of benzene rings is 1. The Morgan fingerprint density at radius 3 is 3.06 bits per heavy atom. The maximum Gasteiger partial charge on any atom is 0.165 e. The number of hydrogen-bond donors (Lipinski definition) is 2. The van der Waals surface area contributed by atoms with Gasteiger partial charge in [0.15, 0.2) is 11.6 Å².